The lowest BCUT2D eigenvalue weighted by molar-refractivity contribution is 0.275. The highest BCUT2D eigenvalue weighted by atomic mass is 35.5. The van der Waals surface area contributed by atoms with Gasteiger partial charge in [-0.3, -0.25) is 0 Å². The molecule has 0 atom stereocenters. The van der Waals surface area contributed by atoms with Crippen molar-refractivity contribution in [2.75, 3.05) is 0 Å². The van der Waals surface area contributed by atoms with E-state index in [0.29, 0.717) is 11.6 Å². The molecular formula is C21H18BClN2O2. The van der Waals surface area contributed by atoms with Crippen LogP contribution < -0.4 is 5.46 Å². The largest absolute Gasteiger partial charge is 0.491 e. The van der Waals surface area contributed by atoms with Crippen LogP contribution in [0.15, 0.2) is 42.5 Å². The van der Waals surface area contributed by atoms with Crippen molar-refractivity contribution < 1.29 is 9.68 Å². The third-order valence-electron chi connectivity index (χ3n) is 5.34. The summed E-state index contributed by atoms with van der Waals surface area (Å²) >= 11 is 6.16. The van der Waals surface area contributed by atoms with E-state index in [9.17, 15) is 5.02 Å². The lowest BCUT2D eigenvalue weighted by Gasteiger charge is -2.11. The molecule has 0 fully saturated rings. The highest BCUT2D eigenvalue weighted by molar-refractivity contribution is 6.61. The van der Waals surface area contributed by atoms with E-state index in [4.69, 9.17) is 26.2 Å². The molecule has 2 aliphatic rings. The fourth-order valence-electron chi connectivity index (χ4n) is 4.00. The van der Waals surface area contributed by atoms with Crippen molar-refractivity contribution in [1.82, 2.24) is 9.97 Å². The number of rotatable bonds is 3. The van der Waals surface area contributed by atoms with Crippen LogP contribution in [0, 0.1) is 0 Å². The number of halogens is 1. The first-order valence-electron chi connectivity index (χ1n) is 9.23. The van der Waals surface area contributed by atoms with Crippen LogP contribution in [0.25, 0.3) is 11.4 Å². The van der Waals surface area contributed by atoms with E-state index in [1.807, 2.05) is 30.3 Å². The highest BCUT2D eigenvalue weighted by Crippen LogP contribution is 2.29. The second-order valence-electron chi connectivity index (χ2n) is 7.16. The lowest BCUT2D eigenvalue weighted by Crippen LogP contribution is -2.27. The number of aryl methyl sites for hydroxylation is 1. The Kier molecular flexibility index (Phi) is 4.23. The summed E-state index contributed by atoms with van der Waals surface area (Å²) in [5, 5.41) is 10.5. The standard InChI is InChI=1S/C21H18BClN2O2/c23-16-4-1-3-14(11-16)21-24-19-6-2-5-17(19)20(25-21)10-13-7-8-18-15(9-13)12-27-22(18)26/h1,3-4,7-9,11,26H,2,5-6,10,12H2. The van der Waals surface area contributed by atoms with Crippen LogP contribution in [0.5, 0.6) is 0 Å². The van der Waals surface area contributed by atoms with E-state index < -0.39 is 7.12 Å². The van der Waals surface area contributed by atoms with Crippen LogP contribution >= 0.6 is 11.6 Å². The van der Waals surface area contributed by atoms with Crippen molar-refractivity contribution in [1.29, 1.82) is 0 Å². The summed E-state index contributed by atoms with van der Waals surface area (Å²) in [6.07, 6.45) is 3.91. The van der Waals surface area contributed by atoms with Gasteiger partial charge in [-0.05, 0) is 53.5 Å². The topological polar surface area (TPSA) is 55.2 Å². The molecule has 1 aliphatic carbocycles. The molecule has 1 aromatic heterocycles. The number of fused-ring (bicyclic) bond motifs is 2. The summed E-state index contributed by atoms with van der Waals surface area (Å²) in [6.45, 7) is 0.458. The van der Waals surface area contributed by atoms with E-state index in [1.54, 1.807) is 0 Å². The number of nitrogens with zero attached hydrogens (tertiary/aromatic N) is 2. The maximum Gasteiger partial charge on any atom is 0.491 e. The number of benzene rings is 2. The van der Waals surface area contributed by atoms with Crippen LogP contribution in [0.3, 0.4) is 0 Å². The number of aromatic nitrogens is 2. The Hall–Kier alpha value is -2.21. The summed E-state index contributed by atoms with van der Waals surface area (Å²) in [5.41, 5.74) is 7.59. The smallest absolute Gasteiger partial charge is 0.423 e. The van der Waals surface area contributed by atoms with E-state index in [1.165, 1.54) is 11.1 Å². The van der Waals surface area contributed by atoms with Crippen LogP contribution in [-0.4, -0.2) is 22.1 Å². The van der Waals surface area contributed by atoms with E-state index in [-0.39, 0.29) is 0 Å². The molecule has 1 N–H and O–H groups in total. The van der Waals surface area contributed by atoms with Gasteiger partial charge in [-0.25, -0.2) is 9.97 Å². The van der Waals surface area contributed by atoms with Gasteiger partial charge in [0.2, 0.25) is 0 Å². The average Bonchev–Trinajstić information content (AvgIpc) is 3.28. The first-order chi connectivity index (χ1) is 13.2. The Morgan fingerprint density at radius 2 is 2.04 bits per heavy atom. The van der Waals surface area contributed by atoms with E-state index in [0.717, 1.165) is 59.5 Å². The Morgan fingerprint density at radius 3 is 2.93 bits per heavy atom. The van der Waals surface area contributed by atoms with Crippen LogP contribution in [0.4, 0.5) is 0 Å². The highest BCUT2D eigenvalue weighted by Gasteiger charge is 2.27. The quantitative estimate of drug-likeness (QED) is 0.714. The molecule has 1 aliphatic heterocycles. The van der Waals surface area contributed by atoms with Gasteiger partial charge in [0.15, 0.2) is 5.82 Å². The molecule has 0 radical (unpaired) electrons. The average molecular weight is 377 g/mol. The maximum atomic E-state index is 9.82. The zero-order chi connectivity index (χ0) is 18.4. The van der Waals surface area contributed by atoms with Crippen molar-refractivity contribution in [2.24, 2.45) is 0 Å². The molecule has 0 amide bonds. The normalized spacial score (nSPS) is 15.1. The molecule has 5 rings (SSSR count). The second-order valence-corrected chi connectivity index (χ2v) is 7.59. The van der Waals surface area contributed by atoms with Gasteiger partial charge >= 0.3 is 7.12 Å². The lowest BCUT2D eigenvalue weighted by atomic mass is 9.79. The van der Waals surface area contributed by atoms with Crippen molar-refractivity contribution >= 4 is 24.2 Å². The predicted molar refractivity (Wildman–Crippen MR) is 106 cm³/mol. The molecule has 134 valence electrons. The van der Waals surface area contributed by atoms with Crippen molar-refractivity contribution in [3.05, 3.63) is 75.6 Å². The Balaban J connectivity index is 1.54. The van der Waals surface area contributed by atoms with Crippen LogP contribution in [-0.2, 0) is 30.5 Å². The molecule has 0 saturated heterocycles. The third-order valence-corrected chi connectivity index (χ3v) is 5.58. The van der Waals surface area contributed by atoms with Crippen LogP contribution in [0.2, 0.25) is 5.02 Å². The van der Waals surface area contributed by atoms with Gasteiger partial charge in [0.1, 0.15) is 0 Å². The first-order valence-corrected chi connectivity index (χ1v) is 9.61. The van der Waals surface area contributed by atoms with E-state index >= 15 is 0 Å². The molecule has 0 saturated carbocycles. The molecule has 2 heterocycles. The summed E-state index contributed by atoms with van der Waals surface area (Å²) in [7, 11) is -0.799. The summed E-state index contributed by atoms with van der Waals surface area (Å²) in [6, 6.07) is 13.8. The molecule has 0 unspecified atom stereocenters. The summed E-state index contributed by atoms with van der Waals surface area (Å²) in [4.78, 5) is 9.72. The second kappa shape index (κ2) is 6.75. The fraction of sp³-hybridized carbons (Fsp3) is 0.238. The van der Waals surface area contributed by atoms with Crippen molar-refractivity contribution in [3.8, 4) is 11.4 Å². The molecule has 0 bridgehead atoms. The summed E-state index contributed by atoms with van der Waals surface area (Å²) in [5.74, 6) is 0.744. The Labute approximate surface area is 163 Å². The molecule has 2 aromatic carbocycles. The minimum Gasteiger partial charge on any atom is -0.423 e. The van der Waals surface area contributed by atoms with Crippen molar-refractivity contribution in [3.63, 3.8) is 0 Å². The molecule has 27 heavy (non-hydrogen) atoms. The SMILES string of the molecule is OB1OCc2cc(Cc3nc(-c4cccc(Cl)c4)nc4c3CCC4)ccc21. The third kappa shape index (κ3) is 3.16. The predicted octanol–water partition coefficient (Wildman–Crippen LogP) is 3.09. The number of hydrogen-bond acceptors (Lipinski definition) is 4. The monoisotopic (exact) mass is 376 g/mol. The Morgan fingerprint density at radius 1 is 1.11 bits per heavy atom. The summed E-state index contributed by atoms with van der Waals surface area (Å²) < 4.78 is 5.31. The van der Waals surface area contributed by atoms with Gasteiger partial charge in [-0.15, -0.1) is 0 Å². The van der Waals surface area contributed by atoms with E-state index in [2.05, 4.69) is 12.1 Å². The fourth-order valence-corrected chi connectivity index (χ4v) is 4.19. The zero-order valence-electron chi connectivity index (χ0n) is 14.8. The van der Waals surface area contributed by atoms with Gasteiger partial charge in [0.25, 0.3) is 0 Å². The van der Waals surface area contributed by atoms with Gasteiger partial charge in [-0.2, -0.15) is 0 Å². The minimum absolute atomic E-state index is 0.458. The first kappa shape index (κ1) is 16.9. The molecular weight excluding hydrogens is 359 g/mol. The number of hydrogen-bond donors (Lipinski definition) is 1. The van der Waals surface area contributed by atoms with Gasteiger partial charge < -0.3 is 9.68 Å². The Bertz CT molecular complexity index is 1040. The zero-order valence-corrected chi connectivity index (χ0v) is 15.5. The van der Waals surface area contributed by atoms with Gasteiger partial charge in [0, 0.05) is 22.7 Å². The molecule has 3 aromatic rings. The van der Waals surface area contributed by atoms with Crippen LogP contribution in [0.1, 0.15) is 34.5 Å². The van der Waals surface area contributed by atoms with Gasteiger partial charge in [-0.1, -0.05) is 41.9 Å². The maximum absolute atomic E-state index is 9.82. The molecule has 6 heteroatoms. The van der Waals surface area contributed by atoms with Crippen molar-refractivity contribution in [2.45, 2.75) is 32.3 Å². The minimum atomic E-state index is -0.799. The molecule has 0 spiro atoms. The van der Waals surface area contributed by atoms with Gasteiger partial charge in [0.05, 0.1) is 12.3 Å². The molecule has 4 nitrogen and oxygen atoms in total.